The second-order valence-corrected chi connectivity index (χ2v) is 10.2. The predicted molar refractivity (Wildman–Crippen MR) is 138 cm³/mol. The fourth-order valence-corrected chi connectivity index (χ4v) is 5.00. The average Bonchev–Trinajstić information content (AvgIpc) is 2.87. The Labute approximate surface area is 220 Å². The summed E-state index contributed by atoms with van der Waals surface area (Å²) >= 11 is 12.1. The first-order chi connectivity index (χ1) is 17.3. The van der Waals surface area contributed by atoms with E-state index in [2.05, 4.69) is 0 Å². The van der Waals surface area contributed by atoms with Gasteiger partial charge in [-0.25, -0.2) is 0 Å². The van der Waals surface area contributed by atoms with E-state index in [1.807, 2.05) is 61.2 Å². The Balaban J connectivity index is 1.27. The third-order valence-corrected chi connectivity index (χ3v) is 7.42. The van der Waals surface area contributed by atoms with Gasteiger partial charge in [0.15, 0.2) is 17.6 Å². The van der Waals surface area contributed by atoms with E-state index in [1.54, 1.807) is 12.1 Å². The summed E-state index contributed by atoms with van der Waals surface area (Å²) in [7, 11) is 0. The molecule has 6 nitrogen and oxygen atoms in total. The molecule has 1 unspecified atom stereocenters. The Bertz CT molecular complexity index is 1280. The van der Waals surface area contributed by atoms with E-state index in [9.17, 15) is 9.90 Å². The van der Waals surface area contributed by atoms with Crippen LogP contribution in [0.1, 0.15) is 42.2 Å². The van der Waals surface area contributed by atoms with Crippen LogP contribution in [0.25, 0.3) is 0 Å². The van der Waals surface area contributed by atoms with Gasteiger partial charge in [-0.2, -0.15) is 0 Å². The maximum absolute atomic E-state index is 11.8. The van der Waals surface area contributed by atoms with E-state index in [4.69, 9.17) is 37.4 Å². The van der Waals surface area contributed by atoms with Crippen LogP contribution in [0.3, 0.4) is 0 Å². The summed E-state index contributed by atoms with van der Waals surface area (Å²) in [5.41, 5.74) is 4.00. The van der Waals surface area contributed by atoms with E-state index in [1.165, 1.54) is 0 Å². The number of benzene rings is 3. The lowest BCUT2D eigenvalue weighted by molar-refractivity contribution is -0.144. The molecule has 1 N–H and O–H groups in total. The Morgan fingerprint density at radius 2 is 1.81 bits per heavy atom. The Morgan fingerprint density at radius 1 is 1.06 bits per heavy atom. The largest absolute Gasteiger partial charge is 0.489 e. The van der Waals surface area contributed by atoms with Crippen LogP contribution >= 0.6 is 23.2 Å². The summed E-state index contributed by atoms with van der Waals surface area (Å²) < 4.78 is 18.2. The van der Waals surface area contributed by atoms with E-state index in [0.29, 0.717) is 47.7 Å². The number of fused-ring (bicyclic) bond motifs is 2. The average molecular weight is 528 g/mol. The van der Waals surface area contributed by atoms with Crippen molar-refractivity contribution in [3.63, 3.8) is 0 Å². The molecule has 188 valence electrons. The van der Waals surface area contributed by atoms with E-state index in [-0.39, 0.29) is 12.1 Å². The fourth-order valence-electron chi connectivity index (χ4n) is 4.68. The lowest BCUT2D eigenvalue weighted by Crippen LogP contribution is -2.48. The number of aliphatic carboxylic acids is 1. The number of carboxylic acid groups (broad SMARTS) is 1. The van der Waals surface area contributed by atoms with Crippen LogP contribution in [0.5, 0.6) is 17.2 Å². The molecule has 2 heterocycles. The zero-order valence-electron chi connectivity index (χ0n) is 20.0. The monoisotopic (exact) mass is 527 g/mol. The molecule has 3 aromatic rings. The van der Waals surface area contributed by atoms with Crippen molar-refractivity contribution in [3.8, 4) is 17.2 Å². The van der Waals surface area contributed by atoms with Gasteiger partial charge in [0.1, 0.15) is 25.0 Å². The number of ether oxygens (including phenoxy) is 3. The smallest absolute Gasteiger partial charge is 0.321 e. The second kappa shape index (κ2) is 10.2. The summed E-state index contributed by atoms with van der Waals surface area (Å²) in [6.45, 7) is 5.36. The number of rotatable bonds is 6. The first kappa shape index (κ1) is 24.8. The van der Waals surface area contributed by atoms with Crippen molar-refractivity contribution >= 4 is 29.2 Å². The molecule has 0 saturated heterocycles. The Morgan fingerprint density at radius 3 is 2.50 bits per heavy atom. The fraction of sp³-hybridized carbons (Fsp3) is 0.321. The molecule has 8 heteroatoms. The van der Waals surface area contributed by atoms with Gasteiger partial charge in [-0.3, -0.25) is 9.69 Å². The summed E-state index contributed by atoms with van der Waals surface area (Å²) in [6, 6.07) is 16.7. The van der Waals surface area contributed by atoms with Gasteiger partial charge in [0.05, 0.1) is 10.0 Å². The molecule has 2 aliphatic rings. The minimum Gasteiger partial charge on any atom is -0.489 e. The minimum absolute atomic E-state index is 0.123. The van der Waals surface area contributed by atoms with Crippen molar-refractivity contribution in [2.45, 2.75) is 51.6 Å². The van der Waals surface area contributed by atoms with Gasteiger partial charge in [-0.05, 0) is 78.9 Å². The zero-order chi connectivity index (χ0) is 25.4. The molecular formula is C28H27Cl2NO5. The molecule has 0 aromatic heterocycles. The molecular weight excluding hydrogens is 501 g/mol. The predicted octanol–water partition coefficient (Wildman–Crippen LogP) is 6.30. The summed E-state index contributed by atoms with van der Waals surface area (Å²) in [5.74, 6) is 1.28. The molecule has 2 aliphatic heterocycles. The van der Waals surface area contributed by atoms with Crippen molar-refractivity contribution in [1.82, 2.24) is 4.90 Å². The number of hydrogen-bond acceptors (Lipinski definition) is 5. The molecule has 0 fully saturated rings. The molecule has 0 aliphatic carbocycles. The Kier molecular flexibility index (Phi) is 7.02. The highest BCUT2D eigenvalue weighted by Gasteiger charge is 2.35. The quantitative estimate of drug-likeness (QED) is 0.405. The number of carboxylic acids is 1. The molecule has 0 radical (unpaired) electrons. The SMILES string of the molecule is CC(C)N1Cc2cc3c(cc2CC1C(=O)O)OC[C@H](c1ccc(OCc2ccc(Cl)c(Cl)c2)cc1)O3. The molecule has 0 saturated carbocycles. The number of halogens is 2. The zero-order valence-corrected chi connectivity index (χ0v) is 21.6. The first-order valence-corrected chi connectivity index (χ1v) is 12.6. The van der Waals surface area contributed by atoms with Crippen LogP contribution in [-0.4, -0.2) is 34.7 Å². The maximum Gasteiger partial charge on any atom is 0.321 e. The van der Waals surface area contributed by atoms with Crippen molar-refractivity contribution in [1.29, 1.82) is 0 Å². The normalized spacial score (nSPS) is 19.1. The summed E-state index contributed by atoms with van der Waals surface area (Å²) in [4.78, 5) is 13.8. The number of hydrogen-bond donors (Lipinski definition) is 1. The highest BCUT2D eigenvalue weighted by molar-refractivity contribution is 6.42. The lowest BCUT2D eigenvalue weighted by atomic mass is 9.92. The van der Waals surface area contributed by atoms with Crippen LogP contribution < -0.4 is 14.2 Å². The van der Waals surface area contributed by atoms with Crippen LogP contribution in [-0.2, 0) is 24.4 Å². The van der Waals surface area contributed by atoms with Crippen LogP contribution in [0.2, 0.25) is 10.0 Å². The molecule has 0 spiro atoms. The maximum atomic E-state index is 11.8. The van der Waals surface area contributed by atoms with Crippen LogP contribution in [0.4, 0.5) is 0 Å². The van der Waals surface area contributed by atoms with Gasteiger partial charge >= 0.3 is 5.97 Å². The van der Waals surface area contributed by atoms with Gasteiger partial charge in [0.25, 0.3) is 0 Å². The summed E-state index contributed by atoms with van der Waals surface area (Å²) in [5, 5.41) is 10.7. The minimum atomic E-state index is -0.798. The molecule has 3 aromatic carbocycles. The van der Waals surface area contributed by atoms with Crippen molar-refractivity contribution in [2.75, 3.05) is 6.61 Å². The molecule has 2 atom stereocenters. The van der Waals surface area contributed by atoms with Crippen molar-refractivity contribution in [3.05, 3.63) is 86.9 Å². The lowest BCUT2D eigenvalue weighted by Gasteiger charge is -2.38. The first-order valence-electron chi connectivity index (χ1n) is 11.9. The van der Waals surface area contributed by atoms with E-state index < -0.39 is 12.0 Å². The second-order valence-electron chi connectivity index (χ2n) is 9.42. The van der Waals surface area contributed by atoms with Gasteiger partial charge < -0.3 is 19.3 Å². The third-order valence-electron chi connectivity index (χ3n) is 6.68. The van der Waals surface area contributed by atoms with Crippen LogP contribution in [0, 0.1) is 0 Å². The molecule has 0 amide bonds. The standard InChI is InChI=1S/C28H27Cl2NO5/c1-16(2)31-13-20-12-26-25(11-19(20)10-24(31)28(32)33)35-15-27(36-26)18-4-6-21(7-5-18)34-14-17-3-8-22(29)23(30)9-17/h3-9,11-12,16,24,27H,10,13-15H2,1-2H3,(H,32,33)/t24?,27-/m1/s1. The highest BCUT2D eigenvalue weighted by Crippen LogP contribution is 2.41. The third kappa shape index (κ3) is 5.12. The Hall–Kier alpha value is -2.93. The molecule has 0 bridgehead atoms. The topological polar surface area (TPSA) is 68.2 Å². The molecule has 36 heavy (non-hydrogen) atoms. The number of carbonyl (C=O) groups is 1. The van der Waals surface area contributed by atoms with Crippen LogP contribution in [0.15, 0.2) is 54.6 Å². The van der Waals surface area contributed by atoms with Gasteiger partial charge in [0, 0.05) is 12.6 Å². The van der Waals surface area contributed by atoms with Gasteiger partial charge in [-0.15, -0.1) is 0 Å². The summed E-state index contributed by atoms with van der Waals surface area (Å²) in [6.07, 6.45) is 0.198. The van der Waals surface area contributed by atoms with E-state index >= 15 is 0 Å². The highest BCUT2D eigenvalue weighted by atomic mass is 35.5. The van der Waals surface area contributed by atoms with Gasteiger partial charge in [-0.1, -0.05) is 41.4 Å². The molecule has 5 rings (SSSR count). The van der Waals surface area contributed by atoms with Gasteiger partial charge in [0.2, 0.25) is 0 Å². The van der Waals surface area contributed by atoms with Crippen molar-refractivity contribution in [2.24, 2.45) is 0 Å². The number of nitrogens with zero attached hydrogens (tertiary/aromatic N) is 1. The van der Waals surface area contributed by atoms with E-state index in [0.717, 1.165) is 28.0 Å². The van der Waals surface area contributed by atoms with Crippen molar-refractivity contribution < 1.29 is 24.1 Å².